The third-order valence-corrected chi connectivity index (χ3v) is 2.64. The van der Waals surface area contributed by atoms with Crippen LogP contribution in [0.3, 0.4) is 0 Å². The topological polar surface area (TPSA) is 89.7 Å². The Labute approximate surface area is 108 Å². The maximum absolute atomic E-state index is 11.6. The molecule has 0 radical (unpaired) electrons. The Morgan fingerprint density at radius 1 is 1.37 bits per heavy atom. The van der Waals surface area contributed by atoms with E-state index in [9.17, 15) is 20.0 Å². The second kappa shape index (κ2) is 4.93. The summed E-state index contributed by atoms with van der Waals surface area (Å²) in [5.74, 6) is -0.734. The number of carbonyl (C=O) groups is 1. The highest BCUT2D eigenvalue weighted by molar-refractivity contribution is 5.98. The summed E-state index contributed by atoms with van der Waals surface area (Å²) in [5, 5.41) is 21.4. The SMILES string of the molecule is CCOC(=O)c1cc(O)c2cc([N+](=O)[O-])ccc2c1. The smallest absolute Gasteiger partial charge is 0.338 e. The third-order valence-electron chi connectivity index (χ3n) is 2.64. The van der Waals surface area contributed by atoms with Crippen LogP contribution in [0.5, 0.6) is 5.75 Å². The molecular formula is C13H11NO5. The van der Waals surface area contributed by atoms with Gasteiger partial charge in [-0.1, -0.05) is 0 Å². The van der Waals surface area contributed by atoms with E-state index in [1.807, 2.05) is 0 Å². The van der Waals surface area contributed by atoms with Gasteiger partial charge in [0.1, 0.15) is 5.75 Å². The molecule has 0 saturated heterocycles. The van der Waals surface area contributed by atoms with Crippen LogP contribution in [0.2, 0.25) is 0 Å². The molecule has 0 bridgehead atoms. The van der Waals surface area contributed by atoms with Crippen LogP contribution in [0.4, 0.5) is 5.69 Å². The summed E-state index contributed by atoms with van der Waals surface area (Å²) in [5.41, 5.74) is 0.0902. The quantitative estimate of drug-likeness (QED) is 0.521. The first-order chi connectivity index (χ1) is 9.02. The Kier molecular flexibility index (Phi) is 3.33. The molecule has 2 aromatic carbocycles. The number of nitrogens with zero attached hydrogens (tertiary/aromatic N) is 1. The van der Waals surface area contributed by atoms with Crippen molar-refractivity contribution in [2.24, 2.45) is 0 Å². The lowest BCUT2D eigenvalue weighted by Crippen LogP contribution is -2.04. The zero-order valence-corrected chi connectivity index (χ0v) is 10.1. The zero-order valence-electron chi connectivity index (χ0n) is 10.1. The van der Waals surface area contributed by atoms with Gasteiger partial charge in [0.15, 0.2) is 0 Å². The maximum atomic E-state index is 11.6. The van der Waals surface area contributed by atoms with Gasteiger partial charge in [0, 0.05) is 17.5 Å². The van der Waals surface area contributed by atoms with E-state index in [2.05, 4.69) is 0 Å². The van der Waals surface area contributed by atoms with Crippen molar-refractivity contribution in [3.63, 3.8) is 0 Å². The zero-order chi connectivity index (χ0) is 14.0. The standard InChI is InChI=1S/C13H11NO5/c1-2-19-13(16)9-5-8-3-4-10(14(17)18)7-11(8)12(15)6-9/h3-7,15H,2H2,1H3. The second-order valence-electron chi connectivity index (χ2n) is 3.88. The van der Waals surface area contributed by atoms with E-state index in [-0.39, 0.29) is 23.6 Å². The van der Waals surface area contributed by atoms with Crippen molar-refractivity contribution in [3.05, 3.63) is 46.0 Å². The van der Waals surface area contributed by atoms with Gasteiger partial charge in [-0.2, -0.15) is 0 Å². The average Bonchev–Trinajstić information content (AvgIpc) is 2.38. The number of aromatic hydroxyl groups is 1. The fraction of sp³-hybridized carbons (Fsp3) is 0.154. The number of rotatable bonds is 3. The van der Waals surface area contributed by atoms with E-state index in [0.717, 1.165) is 0 Å². The summed E-state index contributed by atoms with van der Waals surface area (Å²) in [6.45, 7) is 1.92. The van der Waals surface area contributed by atoms with Crippen LogP contribution in [-0.4, -0.2) is 22.6 Å². The maximum Gasteiger partial charge on any atom is 0.338 e. The Bertz CT molecular complexity index is 665. The van der Waals surface area contributed by atoms with Crippen molar-refractivity contribution in [1.29, 1.82) is 0 Å². The predicted molar refractivity (Wildman–Crippen MR) is 68.2 cm³/mol. The van der Waals surface area contributed by atoms with Gasteiger partial charge in [-0.3, -0.25) is 10.1 Å². The fourth-order valence-electron chi connectivity index (χ4n) is 1.77. The number of ether oxygens (including phenoxy) is 1. The largest absolute Gasteiger partial charge is 0.507 e. The molecule has 0 aliphatic carbocycles. The lowest BCUT2D eigenvalue weighted by atomic mass is 10.1. The number of non-ortho nitro benzene ring substituents is 1. The second-order valence-corrected chi connectivity index (χ2v) is 3.88. The molecule has 0 aliphatic rings. The van der Waals surface area contributed by atoms with Crippen LogP contribution < -0.4 is 0 Å². The first-order valence-corrected chi connectivity index (χ1v) is 5.61. The molecular weight excluding hydrogens is 250 g/mol. The summed E-state index contributed by atoms with van der Waals surface area (Å²) >= 11 is 0. The molecule has 1 N–H and O–H groups in total. The molecule has 0 spiro atoms. The number of nitro groups is 1. The Hall–Kier alpha value is -2.63. The molecule has 6 nitrogen and oxygen atoms in total. The summed E-state index contributed by atoms with van der Waals surface area (Å²) < 4.78 is 4.84. The molecule has 0 fully saturated rings. The van der Waals surface area contributed by atoms with Gasteiger partial charge >= 0.3 is 5.97 Å². The molecule has 6 heteroatoms. The molecule has 0 aromatic heterocycles. The average molecular weight is 261 g/mol. The number of carbonyl (C=O) groups excluding carboxylic acids is 1. The van der Waals surface area contributed by atoms with Crippen LogP contribution in [0, 0.1) is 10.1 Å². The van der Waals surface area contributed by atoms with Crippen molar-refractivity contribution in [1.82, 2.24) is 0 Å². The highest BCUT2D eigenvalue weighted by Crippen LogP contribution is 2.30. The van der Waals surface area contributed by atoms with E-state index in [1.165, 1.54) is 30.3 Å². The molecule has 0 unspecified atom stereocenters. The van der Waals surface area contributed by atoms with Crippen molar-refractivity contribution < 1.29 is 19.6 Å². The minimum absolute atomic E-state index is 0.119. The van der Waals surface area contributed by atoms with Crippen molar-refractivity contribution in [3.8, 4) is 5.75 Å². The normalized spacial score (nSPS) is 10.4. The van der Waals surface area contributed by atoms with Crippen molar-refractivity contribution in [2.75, 3.05) is 6.61 Å². The number of esters is 1. The molecule has 0 atom stereocenters. The van der Waals surface area contributed by atoms with Crippen LogP contribution in [0.25, 0.3) is 10.8 Å². The third kappa shape index (κ3) is 2.47. The van der Waals surface area contributed by atoms with Crippen molar-refractivity contribution in [2.45, 2.75) is 6.92 Å². The number of hydrogen-bond acceptors (Lipinski definition) is 5. The molecule has 0 saturated carbocycles. The highest BCUT2D eigenvalue weighted by atomic mass is 16.6. The van der Waals surface area contributed by atoms with Gasteiger partial charge in [-0.15, -0.1) is 0 Å². The lowest BCUT2D eigenvalue weighted by molar-refractivity contribution is -0.384. The Morgan fingerprint density at radius 2 is 2.11 bits per heavy atom. The molecule has 0 amide bonds. The fourth-order valence-corrected chi connectivity index (χ4v) is 1.77. The van der Waals surface area contributed by atoms with Gasteiger partial charge in [-0.05, 0) is 30.5 Å². The van der Waals surface area contributed by atoms with E-state index >= 15 is 0 Å². The van der Waals surface area contributed by atoms with Gasteiger partial charge in [0.2, 0.25) is 0 Å². The monoisotopic (exact) mass is 261 g/mol. The number of fused-ring (bicyclic) bond motifs is 1. The number of nitro benzene ring substituents is 1. The number of phenolic OH excluding ortho intramolecular Hbond substituents is 1. The van der Waals surface area contributed by atoms with E-state index < -0.39 is 10.9 Å². The first-order valence-electron chi connectivity index (χ1n) is 5.61. The molecule has 19 heavy (non-hydrogen) atoms. The predicted octanol–water partition coefficient (Wildman–Crippen LogP) is 2.63. The number of hydrogen-bond donors (Lipinski definition) is 1. The first kappa shape index (κ1) is 12.8. The van der Waals surface area contributed by atoms with Gasteiger partial charge in [0.25, 0.3) is 5.69 Å². The summed E-state index contributed by atoms with van der Waals surface area (Å²) in [6, 6.07) is 6.83. The van der Waals surface area contributed by atoms with Crippen molar-refractivity contribution >= 4 is 22.4 Å². The molecule has 0 heterocycles. The van der Waals surface area contributed by atoms with Gasteiger partial charge in [-0.25, -0.2) is 4.79 Å². The van der Waals surface area contributed by atoms with Crippen LogP contribution >= 0.6 is 0 Å². The van der Waals surface area contributed by atoms with E-state index in [0.29, 0.717) is 10.8 Å². The van der Waals surface area contributed by atoms with Crippen LogP contribution in [0.1, 0.15) is 17.3 Å². The molecule has 98 valence electrons. The van der Waals surface area contributed by atoms with E-state index in [1.54, 1.807) is 6.92 Å². The van der Waals surface area contributed by atoms with Crippen LogP contribution in [-0.2, 0) is 4.74 Å². The molecule has 2 rings (SSSR count). The minimum atomic E-state index is -0.544. The number of benzene rings is 2. The van der Waals surface area contributed by atoms with Gasteiger partial charge in [0.05, 0.1) is 17.1 Å². The number of phenols is 1. The minimum Gasteiger partial charge on any atom is -0.507 e. The van der Waals surface area contributed by atoms with E-state index in [4.69, 9.17) is 4.74 Å². The highest BCUT2D eigenvalue weighted by Gasteiger charge is 2.13. The molecule has 0 aliphatic heterocycles. The molecule has 2 aromatic rings. The summed E-state index contributed by atoms with van der Waals surface area (Å²) in [6.07, 6.45) is 0. The summed E-state index contributed by atoms with van der Waals surface area (Å²) in [7, 11) is 0. The lowest BCUT2D eigenvalue weighted by Gasteiger charge is -2.06. The summed E-state index contributed by atoms with van der Waals surface area (Å²) in [4.78, 5) is 21.7. The Morgan fingerprint density at radius 3 is 2.74 bits per heavy atom. The van der Waals surface area contributed by atoms with Crippen LogP contribution in [0.15, 0.2) is 30.3 Å². The Balaban J connectivity index is 2.56. The van der Waals surface area contributed by atoms with Gasteiger partial charge < -0.3 is 9.84 Å².